The van der Waals surface area contributed by atoms with E-state index in [1.807, 2.05) is 51.2 Å². The molecule has 0 radical (unpaired) electrons. The highest BCUT2D eigenvalue weighted by Gasteiger charge is 2.15. The zero-order chi connectivity index (χ0) is 14.8. The third-order valence-electron chi connectivity index (χ3n) is 3.44. The van der Waals surface area contributed by atoms with Gasteiger partial charge in [-0.1, -0.05) is 30.3 Å². The largest absolute Gasteiger partial charge is 0.268 e. The molecular weight excluding hydrogens is 266 g/mol. The fourth-order valence-electron chi connectivity index (χ4n) is 2.19. The first-order chi connectivity index (χ1) is 10.2. The van der Waals surface area contributed by atoms with Gasteiger partial charge in [0.1, 0.15) is 6.33 Å². The van der Waals surface area contributed by atoms with Gasteiger partial charge in [-0.25, -0.2) is 10.0 Å². The number of hydroxylamine groups is 1. The second-order valence-corrected chi connectivity index (χ2v) is 4.87. The number of aromatic nitrogens is 4. The standard InChI is InChI=1S/C15H17N5O/c1-11-12(2)18-15-16-10-17-20(15)14(11)19(3)21-9-13-7-5-4-6-8-13/h4-8,10H,9H2,1-3H3. The highest BCUT2D eigenvalue weighted by molar-refractivity contribution is 5.51. The van der Waals surface area contributed by atoms with Gasteiger partial charge in [-0.2, -0.15) is 14.6 Å². The molecule has 2 heterocycles. The summed E-state index contributed by atoms with van der Waals surface area (Å²) in [5.41, 5.74) is 3.05. The first-order valence-corrected chi connectivity index (χ1v) is 6.74. The zero-order valence-corrected chi connectivity index (χ0v) is 12.3. The van der Waals surface area contributed by atoms with Crippen LogP contribution in [0, 0.1) is 13.8 Å². The normalized spacial score (nSPS) is 11.0. The van der Waals surface area contributed by atoms with E-state index < -0.39 is 0 Å². The number of fused-ring (bicyclic) bond motifs is 1. The molecule has 0 N–H and O–H groups in total. The summed E-state index contributed by atoms with van der Waals surface area (Å²) >= 11 is 0. The summed E-state index contributed by atoms with van der Waals surface area (Å²) < 4.78 is 1.69. The van der Waals surface area contributed by atoms with Crippen molar-refractivity contribution in [1.82, 2.24) is 19.6 Å². The summed E-state index contributed by atoms with van der Waals surface area (Å²) in [5, 5.41) is 5.94. The Kier molecular flexibility index (Phi) is 3.53. The van der Waals surface area contributed by atoms with Crippen molar-refractivity contribution in [1.29, 1.82) is 0 Å². The average molecular weight is 283 g/mol. The number of hydrogen-bond donors (Lipinski definition) is 0. The molecule has 1 aromatic carbocycles. The summed E-state index contributed by atoms with van der Waals surface area (Å²) in [6.45, 7) is 4.45. The Morgan fingerprint density at radius 2 is 1.95 bits per heavy atom. The number of nitrogens with zero attached hydrogens (tertiary/aromatic N) is 5. The Labute approximate surface area is 123 Å². The molecule has 0 fully saturated rings. The van der Waals surface area contributed by atoms with Crippen molar-refractivity contribution in [3.63, 3.8) is 0 Å². The molecule has 0 aliphatic carbocycles. The van der Waals surface area contributed by atoms with Crippen LogP contribution < -0.4 is 5.06 Å². The van der Waals surface area contributed by atoms with Crippen molar-refractivity contribution in [3.8, 4) is 0 Å². The molecule has 3 aromatic rings. The zero-order valence-electron chi connectivity index (χ0n) is 12.3. The second kappa shape index (κ2) is 5.49. The molecular formula is C15H17N5O. The molecule has 0 saturated carbocycles. The number of benzene rings is 1. The lowest BCUT2D eigenvalue weighted by Gasteiger charge is -2.21. The van der Waals surface area contributed by atoms with Crippen LogP contribution >= 0.6 is 0 Å². The van der Waals surface area contributed by atoms with E-state index in [0.717, 1.165) is 22.6 Å². The van der Waals surface area contributed by atoms with Crippen LogP contribution in [-0.4, -0.2) is 26.6 Å². The number of anilines is 1. The van der Waals surface area contributed by atoms with Gasteiger partial charge >= 0.3 is 0 Å². The minimum absolute atomic E-state index is 0.494. The SMILES string of the molecule is Cc1nc2ncnn2c(N(C)OCc2ccccc2)c1C. The van der Waals surface area contributed by atoms with E-state index >= 15 is 0 Å². The van der Waals surface area contributed by atoms with Crippen LogP contribution in [0.3, 0.4) is 0 Å². The molecule has 0 spiro atoms. The van der Waals surface area contributed by atoms with Gasteiger partial charge in [0.05, 0.1) is 6.61 Å². The van der Waals surface area contributed by atoms with E-state index in [4.69, 9.17) is 4.84 Å². The van der Waals surface area contributed by atoms with Gasteiger partial charge in [-0.15, -0.1) is 0 Å². The summed E-state index contributed by atoms with van der Waals surface area (Å²) in [4.78, 5) is 14.4. The Morgan fingerprint density at radius 3 is 2.71 bits per heavy atom. The minimum Gasteiger partial charge on any atom is -0.268 e. The van der Waals surface area contributed by atoms with Crippen LogP contribution in [0.2, 0.25) is 0 Å². The van der Waals surface area contributed by atoms with Crippen molar-refractivity contribution >= 4 is 11.6 Å². The maximum Gasteiger partial charge on any atom is 0.254 e. The van der Waals surface area contributed by atoms with Crippen molar-refractivity contribution in [2.45, 2.75) is 20.5 Å². The summed E-state index contributed by atoms with van der Waals surface area (Å²) in [6, 6.07) is 10.0. The number of aryl methyl sites for hydroxylation is 1. The highest BCUT2D eigenvalue weighted by Crippen LogP contribution is 2.21. The molecule has 0 amide bonds. The predicted octanol–water partition coefficient (Wildman–Crippen LogP) is 2.31. The molecule has 0 atom stereocenters. The maximum absolute atomic E-state index is 5.84. The summed E-state index contributed by atoms with van der Waals surface area (Å²) in [5.74, 6) is 1.41. The molecule has 21 heavy (non-hydrogen) atoms. The topological polar surface area (TPSA) is 55.5 Å². The Morgan fingerprint density at radius 1 is 1.19 bits per heavy atom. The Balaban J connectivity index is 1.89. The lowest BCUT2D eigenvalue weighted by atomic mass is 10.2. The van der Waals surface area contributed by atoms with Crippen molar-refractivity contribution in [2.75, 3.05) is 12.1 Å². The molecule has 6 nitrogen and oxygen atoms in total. The van der Waals surface area contributed by atoms with Crippen molar-refractivity contribution in [3.05, 3.63) is 53.5 Å². The Hall–Kier alpha value is -2.47. The van der Waals surface area contributed by atoms with E-state index in [9.17, 15) is 0 Å². The lowest BCUT2D eigenvalue weighted by Crippen LogP contribution is -2.22. The highest BCUT2D eigenvalue weighted by atomic mass is 16.7. The van der Waals surface area contributed by atoms with Gasteiger partial charge in [-0.3, -0.25) is 4.84 Å². The predicted molar refractivity (Wildman–Crippen MR) is 79.9 cm³/mol. The molecule has 108 valence electrons. The van der Waals surface area contributed by atoms with Crippen LogP contribution in [0.1, 0.15) is 16.8 Å². The van der Waals surface area contributed by atoms with Crippen LogP contribution in [0.25, 0.3) is 5.78 Å². The molecule has 0 bridgehead atoms. The van der Waals surface area contributed by atoms with Gasteiger partial charge < -0.3 is 0 Å². The second-order valence-electron chi connectivity index (χ2n) is 4.87. The molecule has 6 heteroatoms. The molecule has 2 aromatic heterocycles. The monoisotopic (exact) mass is 283 g/mol. The quantitative estimate of drug-likeness (QED) is 0.688. The maximum atomic E-state index is 5.84. The number of rotatable bonds is 4. The fraction of sp³-hybridized carbons (Fsp3) is 0.267. The summed E-state index contributed by atoms with van der Waals surface area (Å²) in [7, 11) is 1.87. The van der Waals surface area contributed by atoms with Crippen LogP contribution in [0.5, 0.6) is 0 Å². The lowest BCUT2D eigenvalue weighted by molar-refractivity contribution is 0.105. The first kappa shape index (κ1) is 13.5. The molecule has 0 saturated heterocycles. The van der Waals surface area contributed by atoms with Crippen LogP contribution in [0.15, 0.2) is 36.7 Å². The summed E-state index contributed by atoms with van der Waals surface area (Å²) in [6.07, 6.45) is 1.50. The number of hydrogen-bond acceptors (Lipinski definition) is 5. The van der Waals surface area contributed by atoms with Crippen LogP contribution in [-0.2, 0) is 11.4 Å². The van der Waals surface area contributed by atoms with Gasteiger partial charge in [0, 0.05) is 18.3 Å². The van der Waals surface area contributed by atoms with Gasteiger partial charge in [0.25, 0.3) is 5.78 Å². The van der Waals surface area contributed by atoms with Crippen molar-refractivity contribution in [2.24, 2.45) is 0 Å². The third-order valence-corrected chi connectivity index (χ3v) is 3.44. The van der Waals surface area contributed by atoms with Crippen LogP contribution in [0.4, 0.5) is 5.82 Å². The fourth-order valence-corrected chi connectivity index (χ4v) is 2.19. The average Bonchev–Trinajstić information content (AvgIpc) is 2.94. The minimum atomic E-state index is 0.494. The van der Waals surface area contributed by atoms with Gasteiger partial charge in [0.15, 0.2) is 5.82 Å². The smallest absolute Gasteiger partial charge is 0.254 e. The van der Waals surface area contributed by atoms with Gasteiger partial charge in [0.2, 0.25) is 0 Å². The van der Waals surface area contributed by atoms with E-state index in [2.05, 4.69) is 15.1 Å². The van der Waals surface area contributed by atoms with E-state index in [0.29, 0.717) is 12.4 Å². The molecule has 0 aliphatic heterocycles. The Bertz CT molecular complexity index is 753. The van der Waals surface area contributed by atoms with E-state index in [1.165, 1.54) is 6.33 Å². The van der Waals surface area contributed by atoms with Gasteiger partial charge in [-0.05, 0) is 19.4 Å². The van der Waals surface area contributed by atoms with E-state index in [-0.39, 0.29) is 0 Å². The van der Waals surface area contributed by atoms with E-state index in [1.54, 1.807) is 9.58 Å². The molecule has 0 aliphatic rings. The first-order valence-electron chi connectivity index (χ1n) is 6.74. The molecule has 0 unspecified atom stereocenters. The third kappa shape index (κ3) is 2.57. The van der Waals surface area contributed by atoms with Crippen molar-refractivity contribution < 1.29 is 4.84 Å². The molecule has 3 rings (SSSR count).